The fourth-order valence-electron chi connectivity index (χ4n) is 5.33. The van der Waals surface area contributed by atoms with Gasteiger partial charge < -0.3 is 19.5 Å². The first-order valence-corrected chi connectivity index (χ1v) is 12.2. The molecule has 2 saturated heterocycles. The summed E-state index contributed by atoms with van der Waals surface area (Å²) in [6, 6.07) is 9.35. The molecule has 4 heterocycles. The lowest BCUT2D eigenvalue weighted by atomic mass is 9.99. The van der Waals surface area contributed by atoms with Crippen LogP contribution in [0, 0.1) is 0 Å². The third-order valence-electron chi connectivity index (χ3n) is 7.00. The lowest BCUT2D eigenvalue weighted by Gasteiger charge is -2.30. The second kappa shape index (κ2) is 9.67. The molecule has 2 aliphatic heterocycles. The molecule has 3 fully saturated rings. The van der Waals surface area contributed by atoms with Gasteiger partial charge in [-0.1, -0.05) is 18.9 Å². The minimum Gasteiger partial charge on any atom is -0.379 e. The van der Waals surface area contributed by atoms with E-state index in [1.165, 1.54) is 31.2 Å². The highest BCUT2D eigenvalue weighted by molar-refractivity contribution is 7.80. The Labute approximate surface area is 190 Å². The first-order chi connectivity index (χ1) is 15.3. The summed E-state index contributed by atoms with van der Waals surface area (Å²) >= 11 is 5.83. The van der Waals surface area contributed by atoms with Gasteiger partial charge in [-0.15, -0.1) is 0 Å². The fourth-order valence-corrected chi connectivity index (χ4v) is 5.67. The van der Waals surface area contributed by atoms with Crippen molar-refractivity contribution < 1.29 is 4.74 Å². The van der Waals surface area contributed by atoms with E-state index in [-0.39, 0.29) is 12.1 Å². The van der Waals surface area contributed by atoms with Gasteiger partial charge in [0.2, 0.25) is 0 Å². The van der Waals surface area contributed by atoms with Crippen LogP contribution in [0.4, 0.5) is 0 Å². The molecule has 0 aromatic carbocycles. The topological polar surface area (TPSA) is 45.6 Å². The highest BCUT2D eigenvalue weighted by Gasteiger charge is 2.40. The molecular formula is C24H33N5OS. The second-order valence-electron chi connectivity index (χ2n) is 8.96. The van der Waals surface area contributed by atoms with Crippen LogP contribution in [0.5, 0.6) is 0 Å². The Morgan fingerprint density at radius 3 is 2.71 bits per heavy atom. The van der Waals surface area contributed by atoms with Crippen LogP contribution < -0.4 is 5.32 Å². The maximum atomic E-state index is 5.83. The van der Waals surface area contributed by atoms with E-state index in [1.54, 1.807) is 0 Å². The van der Waals surface area contributed by atoms with E-state index in [0.717, 1.165) is 56.6 Å². The van der Waals surface area contributed by atoms with E-state index in [2.05, 4.69) is 55.3 Å². The van der Waals surface area contributed by atoms with Gasteiger partial charge in [-0.25, -0.2) is 0 Å². The molecule has 0 spiro atoms. The Hall–Kier alpha value is -1.96. The van der Waals surface area contributed by atoms with Gasteiger partial charge in [-0.3, -0.25) is 9.88 Å². The quantitative estimate of drug-likeness (QED) is 0.664. The van der Waals surface area contributed by atoms with Crippen molar-refractivity contribution in [3.63, 3.8) is 0 Å². The number of thiocarbonyl (C=S) groups is 1. The Balaban J connectivity index is 1.35. The third kappa shape index (κ3) is 4.64. The van der Waals surface area contributed by atoms with Crippen molar-refractivity contribution in [1.29, 1.82) is 0 Å². The molecular weight excluding hydrogens is 406 g/mol. The predicted octanol–water partition coefficient (Wildman–Crippen LogP) is 3.69. The maximum absolute atomic E-state index is 5.83. The van der Waals surface area contributed by atoms with Crippen LogP contribution in [-0.4, -0.2) is 63.9 Å². The molecule has 5 rings (SSSR count). The van der Waals surface area contributed by atoms with Crippen molar-refractivity contribution in [2.24, 2.45) is 0 Å². The monoisotopic (exact) mass is 439 g/mol. The number of ether oxygens (including phenoxy) is 1. The number of nitrogens with one attached hydrogen (secondary N) is 1. The standard InChI is InChI=1S/C24H33N5OS/c31-24-26-22(21-8-3-4-10-25-21)23(19-9-13-28(18-19)20-6-1-2-7-20)29(24)12-5-11-27-14-16-30-17-15-27/h3-4,8-10,13,18,20,22-23H,1-2,5-7,11-12,14-17H2,(H,26,31)/t22-,23-/m0/s1. The van der Waals surface area contributed by atoms with Crippen LogP contribution in [0.15, 0.2) is 42.9 Å². The van der Waals surface area contributed by atoms with Gasteiger partial charge in [0.15, 0.2) is 5.11 Å². The molecule has 0 bridgehead atoms. The minimum absolute atomic E-state index is 0.0801. The van der Waals surface area contributed by atoms with Crippen molar-refractivity contribution in [3.8, 4) is 0 Å². The zero-order valence-electron chi connectivity index (χ0n) is 18.2. The number of aromatic nitrogens is 2. The average Bonchev–Trinajstić information content (AvgIpc) is 3.55. The van der Waals surface area contributed by atoms with E-state index in [0.29, 0.717) is 6.04 Å². The molecule has 0 radical (unpaired) electrons. The Bertz CT molecular complexity index is 860. The molecule has 1 aliphatic carbocycles. The SMILES string of the molecule is S=C1N[C@@H](c2ccccn2)[C@H](c2ccn(C3CCCC3)c2)N1CCCN1CCOCC1. The summed E-state index contributed by atoms with van der Waals surface area (Å²) in [5.74, 6) is 0. The molecule has 2 atom stereocenters. The van der Waals surface area contributed by atoms with Crippen molar-refractivity contribution >= 4 is 17.3 Å². The summed E-state index contributed by atoms with van der Waals surface area (Å²) in [6.07, 6.45) is 12.9. The van der Waals surface area contributed by atoms with Gasteiger partial charge in [0.25, 0.3) is 0 Å². The number of morpholine rings is 1. The van der Waals surface area contributed by atoms with Crippen molar-refractivity contribution in [3.05, 3.63) is 54.1 Å². The summed E-state index contributed by atoms with van der Waals surface area (Å²) in [5, 5.41) is 4.43. The number of pyridine rings is 1. The summed E-state index contributed by atoms with van der Waals surface area (Å²) in [7, 11) is 0. The van der Waals surface area contributed by atoms with Gasteiger partial charge in [0.1, 0.15) is 0 Å². The molecule has 7 heteroatoms. The van der Waals surface area contributed by atoms with Crippen LogP contribution in [0.1, 0.15) is 61.5 Å². The van der Waals surface area contributed by atoms with Gasteiger partial charge in [0, 0.05) is 50.8 Å². The summed E-state index contributed by atoms with van der Waals surface area (Å²) in [4.78, 5) is 9.56. The first-order valence-electron chi connectivity index (χ1n) is 11.7. The molecule has 2 aromatic heterocycles. The van der Waals surface area contributed by atoms with E-state index in [4.69, 9.17) is 17.0 Å². The Kier molecular flexibility index (Phi) is 6.53. The second-order valence-corrected chi connectivity index (χ2v) is 9.34. The highest BCUT2D eigenvalue weighted by Crippen LogP contribution is 2.40. The zero-order valence-corrected chi connectivity index (χ0v) is 19.0. The summed E-state index contributed by atoms with van der Waals surface area (Å²) < 4.78 is 7.92. The van der Waals surface area contributed by atoms with Crippen molar-refractivity contribution in [1.82, 2.24) is 24.7 Å². The Morgan fingerprint density at radius 1 is 1.10 bits per heavy atom. The molecule has 2 aromatic rings. The average molecular weight is 440 g/mol. The molecule has 1 N–H and O–H groups in total. The lowest BCUT2D eigenvalue weighted by molar-refractivity contribution is 0.0365. The van der Waals surface area contributed by atoms with E-state index < -0.39 is 0 Å². The molecule has 166 valence electrons. The number of rotatable bonds is 7. The lowest BCUT2D eigenvalue weighted by Crippen LogP contribution is -2.38. The van der Waals surface area contributed by atoms with E-state index >= 15 is 0 Å². The van der Waals surface area contributed by atoms with Crippen LogP contribution in [0.25, 0.3) is 0 Å². The Morgan fingerprint density at radius 2 is 1.94 bits per heavy atom. The predicted molar refractivity (Wildman–Crippen MR) is 126 cm³/mol. The normalized spacial score (nSPS) is 25.3. The number of hydrogen-bond donors (Lipinski definition) is 1. The molecule has 31 heavy (non-hydrogen) atoms. The third-order valence-corrected chi connectivity index (χ3v) is 7.35. The van der Waals surface area contributed by atoms with Gasteiger partial charge in [0.05, 0.1) is 31.0 Å². The van der Waals surface area contributed by atoms with Crippen LogP contribution >= 0.6 is 12.2 Å². The van der Waals surface area contributed by atoms with Crippen LogP contribution in [0.2, 0.25) is 0 Å². The molecule has 0 unspecified atom stereocenters. The zero-order chi connectivity index (χ0) is 21.0. The minimum atomic E-state index is 0.0801. The largest absolute Gasteiger partial charge is 0.379 e. The molecule has 1 saturated carbocycles. The van der Waals surface area contributed by atoms with E-state index in [1.807, 2.05) is 12.3 Å². The molecule has 0 amide bonds. The van der Waals surface area contributed by atoms with Crippen molar-refractivity contribution in [2.75, 3.05) is 39.4 Å². The van der Waals surface area contributed by atoms with Gasteiger partial charge in [-0.2, -0.15) is 0 Å². The molecule has 3 aliphatic rings. The van der Waals surface area contributed by atoms with Crippen molar-refractivity contribution in [2.45, 2.75) is 50.2 Å². The highest BCUT2D eigenvalue weighted by atomic mass is 32.1. The van der Waals surface area contributed by atoms with Crippen LogP contribution in [-0.2, 0) is 4.74 Å². The van der Waals surface area contributed by atoms with Gasteiger partial charge in [-0.05, 0) is 55.2 Å². The number of hydrogen-bond acceptors (Lipinski definition) is 4. The van der Waals surface area contributed by atoms with Crippen LogP contribution in [0.3, 0.4) is 0 Å². The maximum Gasteiger partial charge on any atom is 0.170 e. The summed E-state index contributed by atoms with van der Waals surface area (Å²) in [6.45, 7) is 5.81. The van der Waals surface area contributed by atoms with Gasteiger partial charge >= 0.3 is 0 Å². The molecule has 6 nitrogen and oxygen atoms in total. The smallest absolute Gasteiger partial charge is 0.170 e. The first kappa shape index (κ1) is 20.9. The summed E-state index contributed by atoms with van der Waals surface area (Å²) in [5.41, 5.74) is 2.39. The number of nitrogens with zero attached hydrogens (tertiary/aromatic N) is 4. The fraction of sp³-hybridized carbons (Fsp3) is 0.583. The van der Waals surface area contributed by atoms with E-state index in [9.17, 15) is 0 Å².